The lowest BCUT2D eigenvalue weighted by Crippen LogP contribution is -2.34. The second-order valence-electron chi connectivity index (χ2n) is 8.84. The molecular formula is C23H28. The number of aryl methyl sites for hydroxylation is 1. The van der Waals surface area contributed by atoms with E-state index in [1.807, 2.05) is 0 Å². The van der Waals surface area contributed by atoms with E-state index >= 15 is 0 Å². The first-order chi connectivity index (χ1) is 10.8. The minimum Gasteiger partial charge on any atom is -0.0613 e. The molecule has 0 unspecified atom stereocenters. The third-order valence-electron chi connectivity index (χ3n) is 6.33. The van der Waals surface area contributed by atoms with Crippen molar-refractivity contribution in [3.63, 3.8) is 0 Å². The van der Waals surface area contributed by atoms with Crippen LogP contribution < -0.4 is 0 Å². The van der Waals surface area contributed by atoms with E-state index in [-0.39, 0.29) is 0 Å². The van der Waals surface area contributed by atoms with Crippen molar-refractivity contribution in [3.8, 4) is 11.1 Å². The number of fused-ring (bicyclic) bond motifs is 4. The van der Waals surface area contributed by atoms with Gasteiger partial charge in [0.1, 0.15) is 0 Å². The van der Waals surface area contributed by atoms with Crippen LogP contribution in [0.25, 0.3) is 11.1 Å². The summed E-state index contributed by atoms with van der Waals surface area (Å²) in [5.41, 5.74) is 11.3. The van der Waals surface area contributed by atoms with Gasteiger partial charge in [0.25, 0.3) is 0 Å². The molecule has 0 aliphatic heterocycles. The van der Waals surface area contributed by atoms with Gasteiger partial charge >= 0.3 is 0 Å². The molecule has 0 bridgehead atoms. The quantitative estimate of drug-likeness (QED) is 0.504. The highest BCUT2D eigenvalue weighted by atomic mass is 14.4. The van der Waals surface area contributed by atoms with Crippen LogP contribution in [0.15, 0.2) is 30.3 Å². The van der Waals surface area contributed by atoms with Crippen LogP contribution in [-0.4, -0.2) is 0 Å². The Morgan fingerprint density at radius 1 is 0.783 bits per heavy atom. The first-order valence-electron chi connectivity index (χ1n) is 9.12. The van der Waals surface area contributed by atoms with Crippen molar-refractivity contribution in [2.24, 2.45) is 0 Å². The second-order valence-corrected chi connectivity index (χ2v) is 8.84. The van der Waals surface area contributed by atoms with Crippen LogP contribution in [-0.2, 0) is 23.7 Å². The van der Waals surface area contributed by atoms with Gasteiger partial charge in [0.05, 0.1) is 0 Å². The Labute approximate surface area is 140 Å². The maximum absolute atomic E-state index is 2.54. The average molecular weight is 304 g/mol. The lowest BCUT2D eigenvalue weighted by atomic mass is 9.62. The molecule has 0 radical (unpaired) electrons. The van der Waals surface area contributed by atoms with Crippen molar-refractivity contribution in [2.45, 2.75) is 71.1 Å². The maximum atomic E-state index is 2.54. The van der Waals surface area contributed by atoms with E-state index < -0.39 is 0 Å². The van der Waals surface area contributed by atoms with E-state index in [0.29, 0.717) is 10.8 Å². The van der Waals surface area contributed by atoms with E-state index in [9.17, 15) is 0 Å². The van der Waals surface area contributed by atoms with Gasteiger partial charge in [0.15, 0.2) is 0 Å². The summed E-state index contributed by atoms with van der Waals surface area (Å²) in [6.07, 6.45) is 4.81. The Hall–Kier alpha value is -1.56. The smallest absolute Gasteiger partial charge is 0.00132 e. The van der Waals surface area contributed by atoms with Crippen molar-refractivity contribution in [2.75, 3.05) is 0 Å². The normalized spacial score (nSPS) is 19.9. The van der Waals surface area contributed by atoms with E-state index in [1.54, 1.807) is 11.1 Å². The van der Waals surface area contributed by atoms with Gasteiger partial charge in [-0.25, -0.2) is 0 Å². The lowest BCUT2D eigenvalue weighted by Gasteiger charge is -2.42. The number of hydrogen-bond acceptors (Lipinski definition) is 0. The molecule has 120 valence electrons. The molecule has 0 saturated heterocycles. The van der Waals surface area contributed by atoms with E-state index in [4.69, 9.17) is 0 Å². The Morgan fingerprint density at radius 2 is 1.39 bits per heavy atom. The number of rotatable bonds is 1. The summed E-state index contributed by atoms with van der Waals surface area (Å²) >= 11 is 0. The van der Waals surface area contributed by atoms with Gasteiger partial charge in [-0.05, 0) is 75.5 Å². The molecule has 0 N–H and O–H groups in total. The average Bonchev–Trinajstić information content (AvgIpc) is 2.87. The van der Waals surface area contributed by atoms with Crippen molar-refractivity contribution in [1.29, 1.82) is 0 Å². The first-order valence-corrected chi connectivity index (χ1v) is 9.12. The molecule has 0 aromatic heterocycles. The van der Waals surface area contributed by atoms with E-state index in [1.165, 1.54) is 40.7 Å². The largest absolute Gasteiger partial charge is 0.0613 e. The third-order valence-corrected chi connectivity index (χ3v) is 6.33. The molecule has 2 aliphatic rings. The summed E-state index contributed by atoms with van der Waals surface area (Å²) in [6, 6.07) is 12.2. The zero-order valence-corrected chi connectivity index (χ0v) is 15.2. The molecule has 2 aromatic carbocycles. The fourth-order valence-corrected chi connectivity index (χ4v) is 4.54. The molecule has 4 rings (SSSR count). The predicted molar refractivity (Wildman–Crippen MR) is 99.3 cm³/mol. The summed E-state index contributed by atoms with van der Waals surface area (Å²) < 4.78 is 0. The highest BCUT2D eigenvalue weighted by Crippen LogP contribution is 2.49. The SMILES string of the molecule is CCc1ccc2c(c1)Cc1cc3c(cc1-2)C(C)(C)CCC3(C)C. The molecule has 0 heteroatoms. The summed E-state index contributed by atoms with van der Waals surface area (Å²) in [7, 11) is 0. The standard InChI is InChI=1S/C23H28/c1-6-15-7-8-18-16(11-15)12-17-13-20-21(14-19(17)18)23(4,5)10-9-22(20,2)3/h7-8,11,13-14H,6,9-10,12H2,1-5H3. The van der Waals surface area contributed by atoms with Crippen LogP contribution in [0.1, 0.15) is 75.3 Å². The number of benzene rings is 2. The molecule has 0 atom stereocenters. The summed E-state index contributed by atoms with van der Waals surface area (Å²) in [5.74, 6) is 0. The van der Waals surface area contributed by atoms with Crippen LogP contribution in [0.4, 0.5) is 0 Å². The van der Waals surface area contributed by atoms with Gasteiger partial charge in [-0.3, -0.25) is 0 Å². The predicted octanol–water partition coefficient (Wildman–Crippen LogP) is 6.17. The molecule has 2 aromatic rings. The highest BCUT2D eigenvalue weighted by molar-refractivity contribution is 5.79. The molecular weight excluding hydrogens is 276 g/mol. The van der Waals surface area contributed by atoms with Crippen molar-refractivity contribution < 1.29 is 0 Å². The monoisotopic (exact) mass is 304 g/mol. The fraction of sp³-hybridized carbons (Fsp3) is 0.478. The highest BCUT2D eigenvalue weighted by Gasteiger charge is 2.38. The van der Waals surface area contributed by atoms with Crippen molar-refractivity contribution in [1.82, 2.24) is 0 Å². The van der Waals surface area contributed by atoms with Crippen LogP contribution in [0.2, 0.25) is 0 Å². The molecule has 0 spiro atoms. The van der Waals surface area contributed by atoms with Gasteiger partial charge in [0, 0.05) is 0 Å². The van der Waals surface area contributed by atoms with Gasteiger partial charge in [-0.2, -0.15) is 0 Å². The molecule has 0 saturated carbocycles. The first kappa shape index (κ1) is 15.0. The molecule has 2 aliphatic carbocycles. The maximum Gasteiger partial charge on any atom is -0.00132 e. The van der Waals surface area contributed by atoms with Crippen LogP contribution >= 0.6 is 0 Å². The van der Waals surface area contributed by atoms with E-state index in [0.717, 1.165) is 12.8 Å². The zero-order chi connectivity index (χ0) is 16.4. The minimum atomic E-state index is 0.298. The molecule has 0 fully saturated rings. The van der Waals surface area contributed by atoms with Gasteiger partial charge < -0.3 is 0 Å². The molecule has 0 heterocycles. The molecule has 23 heavy (non-hydrogen) atoms. The Morgan fingerprint density at radius 3 is 2.04 bits per heavy atom. The molecule has 0 amide bonds. The zero-order valence-electron chi connectivity index (χ0n) is 15.2. The van der Waals surface area contributed by atoms with E-state index in [2.05, 4.69) is 65.0 Å². The Balaban J connectivity index is 1.92. The Bertz CT molecular complexity index is 790. The number of hydrogen-bond donors (Lipinski definition) is 0. The van der Waals surface area contributed by atoms with Crippen molar-refractivity contribution in [3.05, 3.63) is 58.1 Å². The van der Waals surface area contributed by atoms with Gasteiger partial charge in [-0.15, -0.1) is 0 Å². The Kier molecular flexibility index (Phi) is 3.08. The lowest BCUT2D eigenvalue weighted by molar-refractivity contribution is 0.332. The van der Waals surface area contributed by atoms with Gasteiger partial charge in [-0.1, -0.05) is 65.0 Å². The summed E-state index contributed by atoms with van der Waals surface area (Å²) in [6.45, 7) is 11.9. The van der Waals surface area contributed by atoms with Crippen molar-refractivity contribution >= 4 is 0 Å². The van der Waals surface area contributed by atoms with Gasteiger partial charge in [0.2, 0.25) is 0 Å². The van der Waals surface area contributed by atoms with Crippen LogP contribution in [0, 0.1) is 0 Å². The third kappa shape index (κ3) is 2.18. The molecule has 0 nitrogen and oxygen atoms in total. The van der Waals surface area contributed by atoms with Crippen LogP contribution in [0.5, 0.6) is 0 Å². The topological polar surface area (TPSA) is 0 Å². The second kappa shape index (κ2) is 4.72. The minimum absolute atomic E-state index is 0.298. The van der Waals surface area contributed by atoms with Crippen LogP contribution in [0.3, 0.4) is 0 Å². The summed E-state index contributed by atoms with van der Waals surface area (Å²) in [5, 5.41) is 0. The summed E-state index contributed by atoms with van der Waals surface area (Å²) in [4.78, 5) is 0. The fourth-order valence-electron chi connectivity index (χ4n) is 4.54.